The van der Waals surface area contributed by atoms with Crippen molar-refractivity contribution < 1.29 is 37.4 Å². The van der Waals surface area contributed by atoms with Crippen LogP contribution in [0.2, 0.25) is 0 Å². The van der Waals surface area contributed by atoms with Gasteiger partial charge in [-0.3, -0.25) is 9.32 Å². The van der Waals surface area contributed by atoms with Crippen LogP contribution in [-0.2, 0) is 23.4 Å². The smallest absolute Gasteiger partial charge is 0.459 e. The summed E-state index contributed by atoms with van der Waals surface area (Å²) < 4.78 is 50.9. The maximum absolute atomic E-state index is 15.2. The fourth-order valence-corrected chi connectivity index (χ4v) is 5.01. The summed E-state index contributed by atoms with van der Waals surface area (Å²) in [6.45, 7) is 7.66. The number of nitrogens with one attached hydrogen (secondary N) is 1. The van der Waals surface area contributed by atoms with Crippen LogP contribution in [0.15, 0.2) is 60.0 Å². The summed E-state index contributed by atoms with van der Waals surface area (Å²) in [4.78, 5) is 17.5. The summed E-state index contributed by atoms with van der Waals surface area (Å²) >= 11 is 0. The summed E-state index contributed by atoms with van der Waals surface area (Å²) in [5.74, 6) is 1.87. The molecule has 2 unspecified atom stereocenters. The SMILES string of the molecule is C#C[C@]1(COP(=O)(NC(C)C(=O)OC(C)C)Oc2ccccc2)O[C@@H](N2C=CC(N)=NC2=C)[C@H](F)[C@@H]1O. The Morgan fingerprint density at radius 1 is 1.43 bits per heavy atom. The number of ether oxygens (including phenoxy) is 2. The number of nitrogens with two attached hydrogens (primary N) is 1. The molecule has 0 saturated carbocycles. The summed E-state index contributed by atoms with van der Waals surface area (Å²) in [5, 5.41) is 13.2. The average Bonchev–Trinajstić information content (AvgIpc) is 3.08. The first-order valence-corrected chi connectivity index (χ1v) is 12.9. The Labute approximate surface area is 214 Å². The third-order valence-corrected chi connectivity index (χ3v) is 6.96. The number of terminal acetylenes is 1. The Kier molecular flexibility index (Phi) is 8.79. The Bertz CT molecular complexity index is 1160. The average molecular weight is 536 g/mol. The molecule has 0 aliphatic carbocycles. The maximum Gasteiger partial charge on any atom is 0.459 e. The van der Waals surface area contributed by atoms with Crippen LogP contribution >= 0.6 is 7.75 Å². The number of aliphatic hydroxyl groups is 1. The first-order valence-electron chi connectivity index (χ1n) is 11.3. The highest BCUT2D eigenvalue weighted by atomic mass is 31.2. The number of hydrogen-bond donors (Lipinski definition) is 3. The fraction of sp³-hybridized carbons (Fsp3) is 0.417. The molecule has 0 bridgehead atoms. The van der Waals surface area contributed by atoms with Crippen molar-refractivity contribution >= 4 is 19.6 Å². The molecule has 3 rings (SSSR count). The van der Waals surface area contributed by atoms with Crippen LogP contribution in [0, 0.1) is 12.3 Å². The molecule has 1 fully saturated rings. The van der Waals surface area contributed by atoms with Gasteiger partial charge in [0.05, 0.1) is 6.10 Å². The van der Waals surface area contributed by atoms with E-state index in [4.69, 9.17) is 30.7 Å². The highest BCUT2D eigenvalue weighted by Gasteiger charge is 2.57. The minimum Gasteiger partial charge on any atom is -0.462 e. The lowest BCUT2D eigenvalue weighted by Crippen LogP contribution is -2.45. The number of esters is 1. The molecule has 2 heterocycles. The third kappa shape index (κ3) is 6.57. The summed E-state index contributed by atoms with van der Waals surface area (Å²) in [6, 6.07) is 6.89. The van der Waals surface area contributed by atoms with E-state index in [2.05, 4.69) is 22.6 Å². The molecule has 2 aliphatic heterocycles. The molecule has 1 saturated heterocycles. The van der Waals surface area contributed by atoms with Crippen LogP contribution in [0.3, 0.4) is 0 Å². The quantitative estimate of drug-likeness (QED) is 0.231. The summed E-state index contributed by atoms with van der Waals surface area (Å²) in [7, 11) is -4.36. The van der Waals surface area contributed by atoms with Gasteiger partial charge in [0.2, 0.25) is 0 Å². The van der Waals surface area contributed by atoms with E-state index in [1.54, 1.807) is 32.0 Å². The van der Waals surface area contributed by atoms with E-state index in [1.807, 2.05) is 0 Å². The number of alkyl halides is 1. The number of carbonyl (C=O) groups excluding carboxylic acids is 1. The van der Waals surface area contributed by atoms with Crippen LogP contribution in [0.25, 0.3) is 0 Å². The molecule has 4 N–H and O–H groups in total. The molecule has 6 atom stereocenters. The number of carbonyl (C=O) groups is 1. The lowest BCUT2D eigenvalue weighted by atomic mass is 9.98. The molecule has 0 radical (unpaired) electrons. The second-order valence-electron chi connectivity index (χ2n) is 8.62. The minimum absolute atomic E-state index is 0.0610. The molecule has 0 amide bonds. The normalized spacial score (nSPS) is 27.8. The molecule has 0 spiro atoms. The van der Waals surface area contributed by atoms with E-state index < -0.39 is 56.6 Å². The number of halogens is 1. The zero-order chi connectivity index (χ0) is 27.4. The van der Waals surface area contributed by atoms with Crippen molar-refractivity contribution in [1.29, 1.82) is 0 Å². The molecule has 1 aromatic carbocycles. The molecule has 13 heteroatoms. The van der Waals surface area contributed by atoms with Gasteiger partial charge >= 0.3 is 13.7 Å². The standard InChI is InChI=1S/C24H30FN4O7P/c1-6-24(21(30)20(25)22(35-24)29-13-12-19(26)27-17(29)5)14-33-37(32,36-18-10-8-7-9-11-18)28-16(4)23(31)34-15(2)3/h1,7-13,15-16,20-22,30H,5,14H2,2-4H3,(H2,26,27)(H,28,32)/t16?,20-,21+,22-,24-,37?/m1/s1. The number of benzene rings is 1. The number of nitrogens with zero attached hydrogens (tertiary/aromatic N) is 2. The second-order valence-corrected chi connectivity index (χ2v) is 10.3. The van der Waals surface area contributed by atoms with Gasteiger partial charge in [-0.1, -0.05) is 30.7 Å². The van der Waals surface area contributed by atoms with Gasteiger partial charge in [-0.05, 0) is 39.0 Å². The predicted molar refractivity (Wildman–Crippen MR) is 134 cm³/mol. The number of aliphatic hydroxyl groups excluding tert-OH is 1. The highest BCUT2D eigenvalue weighted by Crippen LogP contribution is 2.47. The zero-order valence-electron chi connectivity index (χ0n) is 20.6. The second kappa shape index (κ2) is 11.5. The van der Waals surface area contributed by atoms with Crippen molar-refractivity contribution in [1.82, 2.24) is 9.99 Å². The lowest BCUT2D eigenvalue weighted by Gasteiger charge is -2.31. The molecule has 0 aromatic heterocycles. The molecule has 37 heavy (non-hydrogen) atoms. The maximum atomic E-state index is 15.2. The van der Waals surface area contributed by atoms with Crippen molar-refractivity contribution in [2.45, 2.75) is 57.0 Å². The van der Waals surface area contributed by atoms with Crippen molar-refractivity contribution in [2.24, 2.45) is 10.7 Å². The van der Waals surface area contributed by atoms with E-state index in [9.17, 15) is 14.5 Å². The van der Waals surface area contributed by atoms with Gasteiger partial charge in [0.15, 0.2) is 18.0 Å². The van der Waals surface area contributed by atoms with Crippen LogP contribution in [0.4, 0.5) is 4.39 Å². The van der Waals surface area contributed by atoms with E-state index in [0.29, 0.717) is 0 Å². The Morgan fingerprint density at radius 3 is 2.70 bits per heavy atom. The summed E-state index contributed by atoms with van der Waals surface area (Å²) in [6.07, 6.45) is 2.65. The van der Waals surface area contributed by atoms with Crippen molar-refractivity contribution in [2.75, 3.05) is 6.61 Å². The van der Waals surface area contributed by atoms with E-state index in [-0.39, 0.29) is 17.4 Å². The van der Waals surface area contributed by atoms with Gasteiger partial charge < -0.3 is 29.7 Å². The Morgan fingerprint density at radius 2 is 2.11 bits per heavy atom. The monoisotopic (exact) mass is 536 g/mol. The summed E-state index contributed by atoms with van der Waals surface area (Å²) in [5.41, 5.74) is 3.55. The first kappa shape index (κ1) is 28.4. The topological polar surface area (TPSA) is 145 Å². The van der Waals surface area contributed by atoms with Crippen LogP contribution in [-0.4, -0.2) is 64.7 Å². The lowest BCUT2D eigenvalue weighted by molar-refractivity contribution is -0.149. The van der Waals surface area contributed by atoms with Crippen LogP contribution in [0.5, 0.6) is 5.75 Å². The van der Waals surface area contributed by atoms with Gasteiger partial charge in [-0.15, -0.1) is 6.42 Å². The minimum atomic E-state index is -4.36. The number of rotatable bonds is 10. The van der Waals surface area contributed by atoms with Crippen LogP contribution < -0.4 is 15.3 Å². The number of para-hydroxylation sites is 1. The number of hydrogen-bond acceptors (Lipinski definition) is 10. The van der Waals surface area contributed by atoms with Crippen molar-refractivity contribution in [3.63, 3.8) is 0 Å². The van der Waals surface area contributed by atoms with Gasteiger partial charge in [-0.25, -0.2) is 13.9 Å². The van der Waals surface area contributed by atoms with Gasteiger partial charge in [0.1, 0.15) is 36.2 Å². The first-order chi connectivity index (χ1) is 17.4. The molecule has 11 nitrogen and oxygen atoms in total. The van der Waals surface area contributed by atoms with Gasteiger partial charge in [0.25, 0.3) is 0 Å². The molecule has 1 aromatic rings. The number of aliphatic imine (C=N–C) groups is 1. The van der Waals surface area contributed by atoms with Gasteiger partial charge in [0, 0.05) is 6.20 Å². The Hall–Kier alpha value is -3.20. The van der Waals surface area contributed by atoms with Gasteiger partial charge in [-0.2, -0.15) is 5.09 Å². The molecule has 2 aliphatic rings. The van der Waals surface area contributed by atoms with Crippen LogP contribution in [0.1, 0.15) is 20.8 Å². The molecular formula is C24H30FN4O7P. The van der Waals surface area contributed by atoms with Crippen molar-refractivity contribution in [3.05, 3.63) is 55.0 Å². The predicted octanol–water partition coefficient (Wildman–Crippen LogP) is 2.20. The fourth-order valence-electron chi connectivity index (χ4n) is 3.49. The van der Waals surface area contributed by atoms with Crippen molar-refractivity contribution in [3.8, 4) is 18.1 Å². The van der Waals surface area contributed by atoms with E-state index in [0.717, 1.165) is 0 Å². The Balaban J connectivity index is 1.82. The largest absolute Gasteiger partial charge is 0.462 e. The number of amidine groups is 1. The highest BCUT2D eigenvalue weighted by molar-refractivity contribution is 7.52. The zero-order valence-corrected chi connectivity index (χ0v) is 21.5. The molecular weight excluding hydrogens is 506 g/mol. The van der Waals surface area contributed by atoms with E-state index in [1.165, 1.54) is 36.2 Å². The molecule has 200 valence electrons. The third-order valence-electron chi connectivity index (χ3n) is 5.34. The van der Waals surface area contributed by atoms with E-state index >= 15 is 4.39 Å².